The second-order valence-corrected chi connectivity index (χ2v) is 9.14. The maximum atomic E-state index is 6.05. The zero-order valence-corrected chi connectivity index (χ0v) is 19.6. The summed E-state index contributed by atoms with van der Waals surface area (Å²) in [5.41, 5.74) is 11.3. The summed E-state index contributed by atoms with van der Waals surface area (Å²) in [5.74, 6) is 1.48. The van der Waals surface area contributed by atoms with E-state index < -0.39 is 0 Å². The zero-order valence-electron chi connectivity index (χ0n) is 19.6. The molecular weight excluding hydrogens is 440 g/mol. The first-order valence-electron chi connectivity index (χ1n) is 12.2. The molecule has 5 N–H and O–H groups in total. The Bertz CT molecular complexity index is 1290. The topological polar surface area (TPSA) is 124 Å². The summed E-state index contributed by atoms with van der Waals surface area (Å²) in [6.07, 6.45) is 5.52. The highest BCUT2D eigenvalue weighted by atomic mass is 15.2. The molecule has 2 aliphatic rings. The third-order valence-electron chi connectivity index (χ3n) is 6.75. The lowest BCUT2D eigenvalue weighted by Crippen LogP contribution is -2.43. The van der Waals surface area contributed by atoms with Crippen LogP contribution < -0.4 is 26.2 Å². The van der Waals surface area contributed by atoms with Crippen molar-refractivity contribution in [1.29, 1.82) is 0 Å². The fourth-order valence-corrected chi connectivity index (χ4v) is 4.77. The lowest BCUT2D eigenvalue weighted by molar-refractivity contribution is 0.498. The smallest absolute Gasteiger partial charge is 0.229 e. The minimum Gasteiger partial charge on any atom is -0.369 e. The number of anilines is 4. The summed E-state index contributed by atoms with van der Waals surface area (Å²) in [6, 6.07) is 12.8. The van der Waals surface area contributed by atoms with Gasteiger partial charge in [-0.1, -0.05) is 6.07 Å². The van der Waals surface area contributed by atoms with Crippen molar-refractivity contribution in [2.24, 2.45) is 5.73 Å². The van der Waals surface area contributed by atoms with Gasteiger partial charge in [-0.2, -0.15) is 4.98 Å². The van der Waals surface area contributed by atoms with Gasteiger partial charge in [0.05, 0.1) is 6.33 Å². The molecule has 2 fully saturated rings. The van der Waals surface area contributed by atoms with E-state index in [2.05, 4.69) is 65.7 Å². The van der Waals surface area contributed by atoms with Crippen LogP contribution in [-0.4, -0.2) is 70.2 Å². The maximum absolute atomic E-state index is 6.05. The van der Waals surface area contributed by atoms with Crippen LogP contribution in [0.4, 0.5) is 23.1 Å². The molecule has 5 heterocycles. The van der Waals surface area contributed by atoms with Gasteiger partial charge in [-0.05, 0) is 43.2 Å². The van der Waals surface area contributed by atoms with Gasteiger partial charge in [-0.15, -0.1) is 0 Å². The molecule has 3 aromatic heterocycles. The average molecular weight is 471 g/mol. The van der Waals surface area contributed by atoms with Crippen molar-refractivity contribution >= 4 is 34.3 Å². The monoisotopic (exact) mass is 470 g/mol. The van der Waals surface area contributed by atoms with E-state index in [0.717, 1.165) is 80.4 Å². The lowest BCUT2D eigenvalue weighted by atomic mass is 10.1. The fourth-order valence-electron chi connectivity index (χ4n) is 4.77. The minimum atomic E-state index is 0.295. The molecule has 0 unspecified atom stereocenters. The number of pyridine rings is 1. The fraction of sp³-hybridized carbons (Fsp3) is 0.360. The second kappa shape index (κ2) is 9.47. The molecule has 10 heteroatoms. The van der Waals surface area contributed by atoms with Crippen molar-refractivity contribution in [2.75, 3.05) is 54.4 Å². The Balaban J connectivity index is 1.27. The number of benzene rings is 1. The highest BCUT2D eigenvalue weighted by molar-refractivity contribution is 5.88. The number of nitrogens with one attached hydrogen (secondary N) is 3. The van der Waals surface area contributed by atoms with Gasteiger partial charge in [0.15, 0.2) is 5.65 Å². The Kier molecular flexibility index (Phi) is 5.89. The van der Waals surface area contributed by atoms with Gasteiger partial charge >= 0.3 is 0 Å². The minimum absolute atomic E-state index is 0.295. The number of nitrogens with zero attached hydrogens (tertiary/aromatic N) is 6. The van der Waals surface area contributed by atoms with Crippen molar-refractivity contribution in [3.8, 4) is 11.3 Å². The number of hydrogen-bond acceptors (Lipinski definition) is 9. The van der Waals surface area contributed by atoms with E-state index in [0.29, 0.717) is 17.6 Å². The van der Waals surface area contributed by atoms with Crippen LogP contribution >= 0.6 is 0 Å². The van der Waals surface area contributed by atoms with E-state index in [1.165, 1.54) is 5.69 Å². The van der Waals surface area contributed by atoms with Crippen LogP contribution in [0.3, 0.4) is 0 Å². The van der Waals surface area contributed by atoms with Gasteiger partial charge in [0.2, 0.25) is 5.95 Å². The molecule has 35 heavy (non-hydrogen) atoms. The Morgan fingerprint density at radius 1 is 0.943 bits per heavy atom. The lowest BCUT2D eigenvalue weighted by Gasteiger charge is -2.31. The zero-order chi connectivity index (χ0) is 23.6. The van der Waals surface area contributed by atoms with Gasteiger partial charge < -0.3 is 31.2 Å². The Hall–Kier alpha value is -3.76. The van der Waals surface area contributed by atoms with Crippen molar-refractivity contribution in [1.82, 2.24) is 30.2 Å². The summed E-state index contributed by atoms with van der Waals surface area (Å²) in [4.78, 5) is 26.5. The van der Waals surface area contributed by atoms with E-state index in [4.69, 9.17) is 15.7 Å². The molecule has 4 aromatic rings. The van der Waals surface area contributed by atoms with E-state index in [9.17, 15) is 0 Å². The van der Waals surface area contributed by atoms with Crippen LogP contribution in [0, 0.1) is 0 Å². The second-order valence-electron chi connectivity index (χ2n) is 9.14. The normalized spacial score (nSPS) is 17.2. The number of piperazine rings is 1. The largest absolute Gasteiger partial charge is 0.369 e. The van der Waals surface area contributed by atoms with Gasteiger partial charge in [0.25, 0.3) is 0 Å². The number of aromatic nitrogens is 5. The van der Waals surface area contributed by atoms with E-state index in [1.807, 2.05) is 12.3 Å². The van der Waals surface area contributed by atoms with Crippen molar-refractivity contribution in [2.45, 2.75) is 18.9 Å². The molecular formula is C25H30N10. The SMILES string of the molecule is NC1CCN(c2ccc(-c3nc(Nc4cccc(N5CCNCC5)c4)nc4nc[nH]c34)cn2)CC1. The predicted molar refractivity (Wildman–Crippen MR) is 139 cm³/mol. The van der Waals surface area contributed by atoms with Crippen LogP contribution in [0.1, 0.15) is 12.8 Å². The quantitative estimate of drug-likeness (QED) is 0.348. The van der Waals surface area contributed by atoms with Gasteiger partial charge in [0.1, 0.15) is 17.0 Å². The maximum Gasteiger partial charge on any atom is 0.229 e. The van der Waals surface area contributed by atoms with Gasteiger partial charge in [-0.3, -0.25) is 0 Å². The Morgan fingerprint density at radius 3 is 2.60 bits per heavy atom. The molecule has 6 rings (SSSR count). The molecule has 0 aliphatic carbocycles. The summed E-state index contributed by atoms with van der Waals surface area (Å²) in [7, 11) is 0. The number of nitrogens with two attached hydrogens (primary N) is 1. The number of rotatable bonds is 5. The molecule has 0 atom stereocenters. The molecule has 0 radical (unpaired) electrons. The molecule has 1 aromatic carbocycles. The van der Waals surface area contributed by atoms with Crippen LogP contribution in [0.25, 0.3) is 22.4 Å². The first kappa shape index (κ1) is 21.8. The summed E-state index contributed by atoms with van der Waals surface area (Å²) in [5, 5.41) is 6.78. The van der Waals surface area contributed by atoms with E-state index in [-0.39, 0.29) is 0 Å². The molecule has 0 bridgehead atoms. The summed E-state index contributed by atoms with van der Waals surface area (Å²) >= 11 is 0. The van der Waals surface area contributed by atoms with Crippen LogP contribution in [-0.2, 0) is 0 Å². The van der Waals surface area contributed by atoms with Gasteiger partial charge in [0, 0.05) is 68.4 Å². The number of aromatic amines is 1. The molecule has 10 nitrogen and oxygen atoms in total. The van der Waals surface area contributed by atoms with E-state index >= 15 is 0 Å². The third-order valence-corrected chi connectivity index (χ3v) is 6.75. The average Bonchev–Trinajstić information content (AvgIpc) is 3.38. The number of hydrogen-bond donors (Lipinski definition) is 4. The number of imidazole rings is 1. The molecule has 0 saturated carbocycles. The van der Waals surface area contributed by atoms with Gasteiger partial charge in [-0.25, -0.2) is 15.0 Å². The Labute approximate surface area is 204 Å². The standard InChI is InChI=1S/C25H30N10/c26-18-6-10-35(11-7-18)21-5-4-17(15-28-21)22-23-24(30-16-29-23)33-25(32-22)31-19-2-1-3-20(14-19)34-12-8-27-9-13-34/h1-5,14-16,18,27H,6-13,26H2,(H2,29,30,31,32,33). The highest BCUT2D eigenvalue weighted by Gasteiger charge is 2.18. The highest BCUT2D eigenvalue weighted by Crippen LogP contribution is 2.28. The van der Waals surface area contributed by atoms with Crippen molar-refractivity contribution in [3.05, 3.63) is 48.9 Å². The summed E-state index contributed by atoms with van der Waals surface area (Å²) < 4.78 is 0. The van der Waals surface area contributed by atoms with E-state index in [1.54, 1.807) is 6.33 Å². The van der Waals surface area contributed by atoms with Crippen LogP contribution in [0.2, 0.25) is 0 Å². The molecule has 180 valence electrons. The summed E-state index contributed by atoms with van der Waals surface area (Å²) in [6.45, 7) is 5.86. The molecule has 2 saturated heterocycles. The first-order chi connectivity index (χ1) is 17.2. The number of piperidine rings is 1. The molecule has 0 spiro atoms. The predicted octanol–water partition coefficient (Wildman–Crippen LogP) is 2.50. The van der Waals surface area contributed by atoms with Crippen LogP contribution in [0.5, 0.6) is 0 Å². The molecule has 2 aliphatic heterocycles. The number of H-pyrrole nitrogens is 1. The van der Waals surface area contributed by atoms with Crippen molar-refractivity contribution in [3.63, 3.8) is 0 Å². The first-order valence-corrected chi connectivity index (χ1v) is 12.2. The molecule has 0 amide bonds. The van der Waals surface area contributed by atoms with Crippen molar-refractivity contribution < 1.29 is 0 Å². The third kappa shape index (κ3) is 4.62. The number of fused-ring (bicyclic) bond motifs is 1. The van der Waals surface area contributed by atoms with Crippen LogP contribution in [0.15, 0.2) is 48.9 Å². The Morgan fingerprint density at radius 2 is 1.80 bits per heavy atom.